The first-order valence-electron chi connectivity index (χ1n) is 7.76. The zero-order valence-electron chi connectivity index (χ0n) is 13.5. The van der Waals surface area contributed by atoms with Gasteiger partial charge in [-0.3, -0.25) is 14.2 Å². The molecule has 1 aromatic carbocycles. The Kier molecular flexibility index (Phi) is 3.40. The molecule has 0 fully saturated rings. The Balaban J connectivity index is 1.99. The van der Waals surface area contributed by atoms with Gasteiger partial charge in [0.25, 0.3) is 0 Å². The number of nitrogens with zero attached hydrogens (tertiary/aromatic N) is 2. The molecule has 4 rings (SSSR count). The predicted molar refractivity (Wildman–Crippen MR) is 88.5 cm³/mol. The van der Waals surface area contributed by atoms with Crippen LogP contribution in [-0.4, -0.2) is 21.7 Å². The predicted octanol–water partition coefficient (Wildman–Crippen LogP) is 3.66. The third kappa shape index (κ3) is 2.45. The van der Waals surface area contributed by atoms with Gasteiger partial charge in [0.2, 0.25) is 5.91 Å². The van der Waals surface area contributed by atoms with E-state index in [2.05, 4.69) is 10.3 Å². The first kappa shape index (κ1) is 16.3. The summed E-state index contributed by atoms with van der Waals surface area (Å²) in [5.41, 5.74) is 1.87. The molecule has 1 N–H and O–H groups in total. The lowest BCUT2D eigenvalue weighted by molar-refractivity contribution is -0.141. The van der Waals surface area contributed by atoms with E-state index in [4.69, 9.17) is 0 Å². The third-order valence-corrected chi connectivity index (χ3v) is 4.37. The average Bonchev–Trinajstić information content (AvgIpc) is 3.12. The summed E-state index contributed by atoms with van der Waals surface area (Å²) in [6.45, 7) is 1.79. The van der Waals surface area contributed by atoms with Gasteiger partial charge in [0.05, 0.1) is 12.1 Å². The maximum Gasteiger partial charge on any atom is 0.433 e. The van der Waals surface area contributed by atoms with Gasteiger partial charge < -0.3 is 5.32 Å². The molecule has 8 heteroatoms. The molecule has 2 aromatic heterocycles. The summed E-state index contributed by atoms with van der Waals surface area (Å²) in [5.74, 6) is -0.147. The van der Waals surface area contributed by atoms with E-state index in [-0.39, 0.29) is 23.7 Å². The van der Waals surface area contributed by atoms with Crippen LogP contribution in [-0.2, 0) is 17.4 Å². The number of carbonyl (C=O) groups excluding carboxylic acids is 2. The summed E-state index contributed by atoms with van der Waals surface area (Å²) in [5, 5.41) is 3.17. The van der Waals surface area contributed by atoms with Crippen molar-refractivity contribution in [3.63, 3.8) is 0 Å². The number of aryl methyl sites for hydroxylation is 1. The number of pyridine rings is 1. The third-order valence-electron chi connectivity index (χ3n) is 4.37. The van der Waals surface area contributed by atoms with Crippen LogP contribution in [0.1, 0.15) is 27.3 Å². The van der Waals surface area contributed by atoms with Gasteiger partial charge in [0.1, 0.15) is 11.3 Å². The Morgan fingerprint density at radius 3 is 2.69 bits per heavy atom. The highest BCUT2D eigenvalue weighted by atomic mass is 19.4. The summed E-state index contributed by atoms with van der Waals surface area (Å²) in [4.78, 5) is 26.8. The maximum absolute atomic E-state index is 13.0. The van der Waals surface area contributed by atoms with Gasteiger partial charge in [0, 0.05) is 16.8 Å². The topological polar surface area (TPSA) is 64.0 Å². The van der Waals surface area contributed by atoms with Gasteiger partial charge in [-0.2, -0.15) is 13.2 Å². The molecule has 0 aliphatic carbocycles. The Labute approximate surface area is 145 Å². The second-order valence-electron chi connectivity index (χ2n) is 6.15. The van der Waals surface area contributed by atoms with Crippen molar-refractivity contribution in [3.05, 3.63) is 52.8 Å². The molecule has 1 amide bonds. The standard InChI is InChI=1S/C18H12F3N3O2/c1-9-4-12(6-11-7-15(26)23-16(9)11)24-13(8-25)5-10-2-3-14(18(19,20)21)22-17(10)24/h2-6,8H,7H2,1H3,(H,23,26). The number of carbonyl (C=O) groups is 2. The van der Waals surface area contributed by atoms with Gasteiger partial charge in [0.15, 0.2) is 6.29 Å². The maximum atomic E-state index is 13.0. The molecule has 3 heterocycles. The van der Waals surface area contributed by atoms with Crippen LogP contribution in [0, 0.1) is 6.92 Å². The first-order valence-corrected chi connectivity index (χ1v) is 7.76. The van der Waals surface area contributed by atoms with Crippen LogP contribution in [0.4, 0.5) is 18.9 Å². The van der Waals surface area contributed by atoms with E-state index >= 15 is 0 Å². The summed E-state index contributed by atoms with van der Waals surface area (Å²) in [7, 11) is 0. The van der Waals surface area contributed by atoms with Crippen LogP contribution in [0.2, 0.25) is 0 Å². The fraction of sp³-hybridized carbons (Fsp3) is 0.167. The lowest BCUT2D eigenvalue weighted by Crippen LogP contribution is -2.09. The number of aldehydes is 1. The molecule has 0 saturated heterocycles. The van der Waals surface area contributed by atoms with E-state index in [1.807, 2.05) is 0 Å². The van der Waals surface area contributed by atoms with E-state index < -0.39 is 11.9 Å². The van der Waals surface area contributed by atoms with Crippen molar-refractivity contribution in [2.24, 2.45) is 0 Å². The van der Waals surface area contributed by atoms with Gasteiger partial charge in [-0.1, -0.05) is 0 Å². The van der Waals surface area contributed by atoms with Crippen LogP contribution in [0.3, 0.4) is 0 Å². The lowest BCUT2D eigenvalue weighted by Gasteiger charge is -2.12. The van der Waals surface area contributed by atoms with Crippen LogP contribution >= 0.6 is 0 Å². The number of fused-ring (bicyclic) bond motifs is 2. The fourth-order valence-electron chi connectivity index (χ4n) is 3.26. The Morgan fingerprint density at radius 2 is 2.00 bits per heavy atom. The van der Waals surface area contributed by atoms with Crippen molar-refractivity contribution in [3.8, 4) is 5.69 Å². The number of benzene rings is 1. The van der Waals surface area contributed by atoms with Gasteiger partial charge in [-0.05, 0) is 48.4 Å². The summed E-state index contributed by atoms with van der Waals surface area (Å²) >= 11 is 0. The van der Waals surface area contributed by atoms with Crippen molar-refractivity contribution in [2.45, 2.75) is 19.5 Å². The average molecular weight is 359 g/mol. The molecule has 0 unspecified atom stereocenters. The van der Waals surface area contributed by atoms with Crippen LogP contribution in [0.25, 0.3) is 16.7 Å². The number of hydrogen-bond acceptors (Lipinski definition) is 3. The van der Waals surface area contributed by atoms with Crippen molar-refractivity contribution >= 4 is 28.9 Å². The number of halogens is 3. The minimum Gasteiger partial charge on any atom is -0.325 e. The molecule has 3 aromatic rings. The van der Waals surface area contributed by atoms with Crippen LogP contribution in [0.15, 0.2) is 30.3 Å². The highest BCUT2D eigenvalue weighted by molar-refractivity contribution is 6.00. The lowest BCUT2D eigenvalue weighted by atomic mass is 10.1. The molecular formula is C18H12F3N3O2. The largest absolute Gasteiger partial charge is 0.433 e. The monoisotopic (exact) mass is 359 g/mol. The molecule has 0 atom stereocenters. The van der Waals surface area contributed by atoms with Gasteiger partial charge >= 0.3 is 6.18 Å². The molecular weight excluding hydrogens is 347 g/mol. The van der Waals surface area contributed by atoms with E-state index in [9.17, 15) is 22.8 Å². The Bertz CT molecular complexity index is 1080. The van der Waals surface area contributed by atoms with Gasteiger partial charge in [-0.15, -0.1) is 0 Å². The molecule has 5 nitrogen and oxygen atoms in total. The Hall–Kier alpha value is -3.16. The van der Waals surface area contributed by atoms with E-state index in [0.717, 1.165) is 17.2 Å². The van der Waals surface area contributed by atoms with E-state index in [1.54, 1.807) is 19.1 Å². The Morgan fingerprint density at radius 1 is 1.23 bits per heavy atom. The first-order chi connectivity index (χ1) is 12.3. The van der Waals surface area contributed by atoms with E-state index in [0.29, 0.717) is 23.0 Å². The zero-order chi connectivity index (χ0) is 18.6. The van der Waals surface area contributed by atoms with Crippen LogP contribution in [0.5, 0.6) is 0 Å². The molecule has 0 bridgehead atoms. The SMILES string of the molecule is Cc1cc(-n2c(C=O)cc3ccc(C(F)(F)F)nc32)cc2c1NC(=O)C2. The molecule has 26 heavy (non-hydrogen) atoms. The second kappa shape index (κ2) is 5.42. The number of alkyl halides is 3. The molecule has 1 aliphatic heterocycles. The smallest absolute Gasteiger partial charge is 0.325 e. The molecule has 0 radical (unpaired) electrons. The molecule has 0 saturated carbocycles. The van der Waals surface area contributed by atoms with Crippen molar-refractivity contribution in [1.29, 1.82) is 0 Å². The van der Waals surface area contributed by atoms with Crippen molar-refractivity contribution in [2.75, 3.05) is 5.32 Å². The molecule has 132 valence electrons. The number of rotatable bonds is 2. The number of aromatic nitrogens is 2. The number of hydrogen-bond donors (Lipinski definition) is 1. The summed E-state index contributed by atoms with van der Waals surface area (Å²) in [6, 6.07) is 7.06. The summed E-state index contributed by atoms with van der Waals surface area (Å²) in [6.07, 6.45) is -3.84. The number of anilines is 1. The highest BCUT2D eigenvalue weighted by Crippen LogP contribution is 2.33. The van der Waals surface area contributed by atoms with E-state index in [1.165, 1.54) is 16.7 Å². The minimum atomic E-state index is -4.59. The molecule has 1 aliphatic rings. The highest BCUT2D eigenvalue weighted by Gasteiger charge is 2.33. The van der Waals surface area contributed by atoms with Crippen molar-refractivity contribution in [1.82, 2.24) is 9.55 Å². The zero-order valence-corrected chi connectivity index (χ0v) is 13.5. The normalized spacial score (nSPS) is 13.8. The quantitative estimate of drug-likeness (QED) is 0.710. The van der Waals surface area contributed by atoms with Crippen LogP contribution < -0.4 is 5.32 Å². The molecule has 0 spiro atoms. The second-order valence-corrected chi connectivity index (χ2v) is 6.15. The summed E-state index contributed by atoms with van der Waals surface area (Å²) < 4.78 is 40.5. The van der Waals surface area contributed by atoms with Gasteiger partial charge in [-0.25, -0.2) is 4.98 Å². The minimum absolute atomic E-state index is 0.0403. The van der Waals surface area contributed by atoms with Crippen molar-refractivity contribution < 1.29 is 22.8 Å². The number of nitrogens with one attached hydrogen (secondary N) is 1. The fourth-order valence-corrected chi connectivity index (χ4v) is 3.26. The number of amides is 1.